The Labute approximate surface area is 121 Å². The number of thioether (sulfide) groups is 1. The number of hydrogen-bond donors (Lipinski definition) is 1. The molecule has 1 unspecified atom stereocenters. The molecule has 1 saturated heterocycles. The van der Waals surface area contributed by atoms with Crippen LogP contribution >= 0.6 is 55.0 Å². The maximum Gasteiger partial charge on any atom is 0.0843 e. The van der Waals surface area contributed by atoms with E-state index >= 15 is 0 Å². The summed E-state index contributed by atoms with van der Waals surface area (Å²) in [5, 5.41) is 0. The van der Waals surface area contributed by atoms with Gasteiger partial charge >= 0.3 is 0 Å². The van der Waals surface area contributed by atoms with Gasteiger partial charge in [-0.2, -0.15) is 11.8 Å². The fraction of sp³-hybridized carbons (Fsp3) is 0.600. The average Bonchev–Trinajstić information content (AvgIpc) is 2.61. The first-order chi connectivity index (χ1) is 7.72. The minimum Gasteiger partial charge on any atom is -0.329 e. The van der Waals surface area contributed by atoms with Crippen LogP contribution in [0.15, 0.2) is 14.3 Å². The van der Waals surface area contributed by atoms with E-state index in [1.54, 1.807) is 11.3 Å². The number of nitrogens with two attached hydrogens (primary N) is 1. The Kier molecular flexibility index (Phi) is 5.18. The van der Waals surface area contributed by atoms with E-state index in [2.05, 4.69) is 42.8 Å². The Morgan fingerprint density at radius 3 is 2.56 bits per heavy atom. The molecule has 0 amide bonds. The van der Waals surface area contributed by atoms with Crippen molar-refractivity contribution >= 4 is 55.0 Å². The molecule has 2 rings (SSSR count). The van der Waals surface area contributed by atoms with Gasteiger partial charge in [0.2, 0.25) is 0 Å². The third-order valence-electron chi connectivity index (χ3n) is 2.70. The molecular weight excluding hydrogens is 372 g/mol. The van der Waals surface area contributed by atoms with Crippen LogP contribution in [0.2, 0.25) is 0 Å². The van der Waals surface area contributed by atoms with Gasteiger partial charge in [-0.15, -0.1) is 11.3 Å². The Hall–Kier alpha value is 0.930. The topological polar surface area (TPSA) is 29.3 Å². The Bertz CT molecular complexity index is 331. The van der Waals surface area contributed by atoms with E-state index in [0.29, 0.717) is 12.6 Å². The third-order valence-corrected chi connectivity index (χ3v) is 7.00. The second-order valence-corrected chi connectivity index (χ2v) is 8.15. The molecule has 90 valence electrons. The van der Waals surface area contributed by atoms with E-state index < -0.39 is 0 Å². The molecular formula is C10H14Br2N2S2. The van der Waals surface area contributed by atoms with Gasteiger partial charge < -0.3 is 5.73 Å². The van der Waals surface area contributed by atoms with Crippen molar-refractivity contribution in [2.75, 3.05) is 31.1 Å². The lowest BCUT2D eigenvalue weighted by Crippen LogP contribution is -2.39. The van der Waals surface area contributed by atoms with Gasteiger partial charge in [-0.05, 0) is 37.9 Å². The van der Waals surface area contributed by atoms with Gasteiger partial charge in [-0.3, -0.25) is 4.90 Å². The third kappa shape index (κ3) is 3.03. The summed E-state index contributed by atoms with van der Waals surface area (Å²) < 4.78 is 2.30. The van der Waals surface area contributed by atoms with Crippen LogP contribution in [0.25, 0.3) is 0 Å². The first-order valence-electron chi connectivity index (χ1n) is 5.19. The van der Waals surface area contributed by atoms with Gasteiger partial charge in [-0.1, -0.05) is 0 Å². The Morgan fingerprint density at radius 1 is 1.38 bits per heavy atom. The molecule has 1 fully saturated rings. The van der Waals surface area contributed by atoms with Crippen molar-refractivity contribution in [3.63, 3.8) is 0 Å². The largest absolute Gasteiger partial charge is 0.329 e. The van der Waals surface area contributed by atoms with Crippen LogP contribution in [0.3, 0.4) is 0 Å². The second-order valence-electron chi connectivity index (χ2n) is 3.67. The highest BCUT2D eigenvalue weighted by atomic mass is 79.9. The van der Waals surface area contributed by atoms with E-state index in [-0.39, 0.29) is 0 Å². The van der Waals surface area contributed by atoms with Gasteiger partial charge in [-0.25, -0.2) is 0 Å². The molecule has 1 aromatic heterocycles. The van der Waals surface area contributed by atoms with Crippen LogP contribution < -0.4 is 5.73 Å². The zero-order valence-electron chi connectivity index (χ0n) is 8.79. The SMILES string of the molecule is NCC(c1cc(Br)c(Br)s1)N1CCSCC1. The van der Waals surface area contributed by atoms with E-state index in [0.717, 1.165) is 21.3 Å². The molecule has 1 aliphatic heterocycles. The minimum absolute atomic E-state index is 0.383. The van der Waals surface area contributed by atoms with Crippen molar-refractivity contribution in [3.8, 4) is 0 Å². The van der Waals surface area contributed by atoms with Gasteiger partial charge in [0.15, 0.2) is 0 Å². The number of thiophene rings is 1. The van der Waals surface area contributed by atoms with E-state index in [1.807, 2.05) is 11.8 Å². The van der Waals surface area contributed by atoms with Crippen LogP contribution in [0.5, 0.6) is 0 Å². The van der Waals surface area contributed by atoms with Crippen LogP contribution in [0.1, 0.15) is 10.9 Å². The van der Waals surface area contributed by atoms with Crippen molar-refractivity contribution in [2.45, 2.75) is 6.04 Å². The first kappa shape index (κ1) is 13.4. The summed E-state index contributed by atoms with van der Waals surface area (Å²) in [5.74, 6) is 2.45. The van der Waals surface area contributed by atoms with E-state index in [1.165, 1.54) is 16.4 Å². The van der Waals surface area contributed by atoms with Crippen molar-refractivity contribution in [3.05, 3.63) is 19.2 Å². The van der Waals surface area contributed by atoms with Crippen molar-refractivity contribution in [1.82, 2.24) is 4.90 Å². The predicted octanol–water partition coefficient (Wildman–Crippen LogP) is 3.32. The Morgan fingerprint density at radius 2 is 2.06 bits per heavy atom. The van der Waals surface area contributed by atoms with Gasteiger partial charge in [0.1, 0.15) is 0 Å². The van der Waals surface area contributed by atoms with Gasteiger partial charge in [0.25, 0.3) is 0 Å². The van der Waals surface area contributed by atoms with Crippen LogP contribution in [-0.4, -0.2) is 36.0 Å². The molecule has 0 aromatic carbocycles. The number of hydrogen-bond acceptors (Lipinski definition) is 4. The Balaban J connectivity index is 2.14. The maximum atomic E-state index is 5.92. The lowest BCUT2D eigenvalue weighted by Gasteiger charge is -2.33. The van der Waals surface area contributed by atoms with Crippen molar-refractivity contribution < 1.29 is 0 Å². The fourth-order valence-electron chi connectivity index (χ4n) is 1.86. The highest BCUT2D eigenvalue weighted by Crippen LogP contribution is 2.37. The summed E-state index contributed by atoms with van der Waals surface area (Å²) in [5.41, 5.74) is 5.92. The van der Waals surface area contributed by atoms with E-state index in [4.69, 9.17) is 5.73 Å². The monoisotopic (exact) mass is 384 g/mol. The normalized spacial score (nSPS) is 19.9. The van der Waals surface area contributed by atoms with Crippen molar-refractivity contribution in [2.24, 2.45) is 5.73 Å². The molecule has 0 spiro atoms. The summed E-state index contributed by atoms with van der Waals surface area (Å²) in [6, 6.07) is 2.57. The molecule has 2 nitrogen and oxygen atoms in total. The lowest BCUT2D eigenvalue weighted by molar-refractivity contribution is 0.226. The minimum atomic E-state index is 0.383. The number of rotatable bonds is 3. The summed E-state index contributed by atoms with van der Waals surface area (Å²) in [4.78, 5) is 3.86. The summed E-state index contributed by atoms with van der Waals surface area (Å²) >= 11 is 10.9. The summed E-state index contributed by atoms with van der Waals surface area (Å²) in [6.07, 6.45) is 0. The maximum absolute atomic E-state index is 5.92. The molecule has 0 radical (unpaired) electrons. The number of nitrogens with zero attached hydrogens (tertiary/aromatic N) is 1. The number of halogens is 2. The van der Waals surface area contributed by atoms with Crippen LogP contribution in [0, 0.1) is 0 Å². The average molecular weight is 386 g/mol. The zero-order valence-corrected chi connectivity index (χ0v) is 13.6. The molecule has 1 aliphatic rings. The molecule has 0 saturated carbocycles. The molecule has 1 atom stereocenters. The van der Waals surface area contributed by atoms with Gasteiger partial charge in [0.05, 0.1) is 9.83 Å². The molecule has 0 aliphatic carbocycles. The predicted molar refractivity (Wildman–Crippen MR) is 80.4 cm³/mol. The molecule has 1 aromatic rings. The molecule has 0 bridgehead atoms. The van der Waals surface area contributed by atoms with Gasteiger partial charge in [0, 0.05) is 40.5 Å². The second kappa shape index (κ2) is 6.20. The van der Waals surface area contributed by atoms with Crippen LogP contribution in [0.4, 0.5) is 0 Å². The van der Waals surface area contributed by atoms with Crippen molar-refractivity contribution in [1.29, 1.82) is 0 Å². The van der Waals surface area contributed by atoms with E-state index in [9.17, 15) is 0 Å². The highest BCUT2D eigenvalue weighted by molar-refractivity contribution is 9.13. The molecule has 6 heteroatoms. The zero-order chi connectivity index (χ0) is 11.5. The lowest BCUT2D eigenvalue weighted by atomic mass is 10.2. The quantitative estimate of drug-likeness (QED) is 0.865. The smallest absolute Gasteiger partial charge is 0.0843 e. The standard InChI is InChI=1S/C10H14Br2N2S2/c11-7-5-9(16-10(7)12)8(6-13)14-1-3-15-4-2-14/h5,8H,1-4,6,13H2. The first-order valence-corrected chi connectivity index (χ1v) is 8.74. The molecule has 16 heavy (non-hydrogen) atoms. The van der Waals surface area contributed by atoms with Crippen LogP contribution in [-0.2, 0) is 0 Å². The highest BCUT2D eigenvalue weighted by Gasteiger charge is 2.23. The summed E-state index contributed by atoms with van der Waals surface area (Å²) in [6.45, 7) is 3.00. The molecule has 2 heterocycles. The molecule has 2 N–H and O–H groups in total. The summed E-state index contributed by atoms with van der Waals surface area (Å²) in [7, 11) is 0. The fourth-order valence-corrected chi connectivity index (χ4v) is 5.03.